The van der Waals surface area contributed by atoms with Crippen LogP contribution in [0.2, 0.25) is 18.1 Å². The second-order valence-corrected chi connectivity index (χ2v) is 15.2. The average Bonchev–Trinajstić information content (AvgIpc) is 2.65. The molecule has 0 saturated carbocycles. The van der Waals surface area contributed by atoms with Crippen molar-refractivity contribution in [3.63, 3.8) is 0 Å². The van der Waals surface area contributed by atoms with Crippen molar-refractivity contribution in [2.45, 2.75) is 92.0 Å². The summed E-state index contributed by atoms with van der Waals surface area (Å²) >= 11 is 0. The van der Waals surface area contributed by atoms with E-state index in [2.05, 4.69) is 47.4 Å². The van der Waals surface area contributed by atoms with Crippen LogP contribution in [-0.4, -0.2) is 19.5 Å². The number of allylic oxidation sites excluding steroid dienone is 1. The molecule has 0 radical (unpaired) electrons. The minimum Gasteiger partial charge on any atom is -0.538 e. The highest BCUT2D eigenvalue weighted by molar-refractivity contribution is 6.74. The Kier molecular flexibility index (Phi) is 7.92. The number of fused-ring (bicyclic) bond motifs is 1. The summed E-state index contributed by atoms with van der Waals surface area (Å²) in [5.41, 5.74) is 1.43. The number of aromatic hydroxyl groups is 1. The molecule has 0 amide bonds. The van der Waals surface area contributed by atoms with Gasteiger partial charge in [0, 0.05) is 11.6 Å². The van der Waals surface area contributed by atoms with Crippen LogP contribution in [0.25, 0.3) is 11.0 Å². The maximum atomic E-state index is 13.2. The van der Waals surface area contributed by atoms with E-state index < -0.39 is 13.9 Å². The molecule has 1 atom stereocenters. The van der Waals surface area contributed by atoms with Gasteiger partial charge in [-0.1, -0.05) is 47.1 Å². The topological polar surface area (TPSA) is 68.9 Å². The van der Waals surface area contributed by atoms with Crippen LogP contribution in [0.5, 0.6) is 17.2 Å². The first kappa shape index (κ1) is 26.0. The Balaban J connectivity index is 2.96. The predicted octanol–water partition coefficient (Wildman–Crippen LogP) is 6.99. The van der Waals surface area contributed by atoms with Crippen molar-refractivity contribution in [1.29, 1.82) is 0 Å². The molecule has 0 saturated heterocycles. The summed E-state index contributed by atoms with van der Waals surface area (Å²) in [5, 5.41) is 11.6. The first-order valence-electron chi connectivity index (χ1n) is 11.6. The van der Waals surface area contributed by atoms with E-state index in [1.807, 2.05) is 26.8 Å². The summed E-state index contributed by atoms with van der Waals surface area (Å²) in [6.45, 7) is 22.4. The van der Waals surface area contributed by atoms with Gasteiger partial charge in [0.1, 0.15) is 5.75 Å². The van der Waals surface area contributed by atoms with E-state index in [4.69, 9.17) is 13.6 Å². The average molecular weight is 461 g/mol. The Morgan fingerprint density at radius 3 is 2.34 bits per heavy atom. The van der Waals surface area contributed by atoms with Crippen LogP contribution in [0.1, 0.15) is 66.0 Å². The van der Waals surface area contributed by atoms with Crippen LogP contribution in [0.4, 0.5) is 0 Å². The van der Waals surface area contributed by atoms with Crippen LogP contribution < -0.4 is 14.8 Å². The second kappa shape index (κ2) is 9.73. The lowest BCUT2D eigenvalue weighted by molar-refractivity contribution is 0.244. The van der Waals surface area contributed by atoms with Crippen LogP contribution >= 0.6 is 0 Å². The van der Waals surface area contributed by atoms with Crippen molar-refractivity contribution in [1.82, 2.24) is 0 Å². The van der Waals surface area contributed by atoms with Crippen LogP contribution in [0.15, 0.2) is 27.9 Å². The number of phenolic OH excluding ortho intramolecular Hbond substituents is 1. The second-order valence-electron chi connectivity index (χ2n) is 10.5. The molecular formula is C26H40O5Si. The number of hydrogen-bond acceptors (Lipinski definition) is 5. The van der Waals surface area contributed by atoms with Gasteiger partial charge in [0.15, 0.2) is 17.1 Å². The molecule has 5 nitrogen and oxygen atoms in total. The first-order chi connectivity index (χ1) is 14.7. The van der Waals surface area contributed by atoms with Gasteiger partial charge >= 0.3 is 5.63 Å². The maximum absolute atomic E-state index is 13.2. The van der Waals surface area contributed by atoms with E-state index in [-0.39, 0.29) is 34.1 Å². The van der Waals surface area contributed by atoms with Gasteiger partial charge in [-0.25, -0.2) is 4.79 Å². The number of hydrogen-bond donors (Lipinski definition) is 1. The van der Waals surface area contributed by atoms with E-state index in [1.165, 1.54) is 0 Å². The molecule has 178 valence electrons. The Labute approximate surface area is 193 Å². The fourth-order valence-corrected chi connectivity index (χ4v) is 4.42. The molecule has 0 fully saturated rings. The molecule has 1 heterocycles. The monoisotopic (exact) mass is 460 g/mol. The fourth-order valence-electron chi connectivity index (χ4n) is 3.41. The Bertz CT molecular complexity index is 1030. The van der Waals surface area contributed by atoms with Gasteiger partial charge in [-0.15, -0.1) is 6.58 Å². The molecule has 1 aromatic carbocycles. The fraction of sp³-hybridized carbons (Fsp3) is 0.577. The van der Waals surface area contributed by atoms with Crippen molar-refractivity contribution in [2.24, 2.45) is 5.92 Å². The molecule has 0 unspecified atom stereocenters. The van der Waals surface area contributed by atoms with Crippen LogP contribution in [0.3, 0.4) is 0 Å². The third-order valence-corrected chi connectivity index (χ3v) is 10.6. The number of aryl methyl sites for hydroxylation is 1. The summed E-state index contributed by atoms with van der Waals surface area (Å²) in [7, 11) is -2.32. The number of benzene rings is 1. The SMILES string of the molecule is C=C[C@@H](C)Cc1c(CCC)c2c(OC(C)C)cc(O)c(O[Si](C)(C)C(C)(C)C)c2oc1=O. The van der Waals surface area contributed by atoms with Gasteiger partial charge < -0.3 is 18.7 Å². The summed E-state index contributed by atoms with van der Waals surface area (Å²) in [6, 6.07) is 1.60. The molecule has 0 aliphatic carbocycles. The minimum absolute atomic E-state index is 0.0733. The largest absolute Gasteiger partial charge is 0.538 e. The molecule has 2 rings (SSSR count). The lowest BCUT2D eigenvalue weighted by Crippen LogP contribution is -2.44. The maximum Gasteiger partial charge on any atom is 0.339 e. The third-order valence-electron chi connectivity index (χ3n) is 6.24. The van der Waals surface area contributed by atoms with Crippen molar-refractivity contribution in [3.05, 3.63) is 40.3 Å². The lowest BCUT2D eigenvalue weighted by Gasteiger charge is -2.36. The molecule has 32 heavy (non-hydrogen) atoms. The third kappa shape index (κ3) is 5.40. The quantitative estimate of drug-likeness (QED) is 0.248. The number of ether oxygens (including phenoxy) is 1. The molecule has 0 spiro atoms. The Hall–Kier alpha value is -2.21. The van der Waals surface area contributed by atoms with E-state index in [1.54, 1.807) is 6.07 Å². The van der Waals surface area contributed by atoms with Crippen LogP contribution in [-0.2, 0) is 12.8 Å². The molecule has 0 aliphatic heterocycles. The van der Waals surface area contributed by atoms with Gasteiger partial charge in [-0.3, -0.25) is 0 Å². The molecule has 1 N–H and O–H groups in total. The highest BCUT2D eigenvalue weighted by atomic mass is 28.4. The zero-order valence-electron chi connectivity index (χ0n) is 21.2. The molecule has 1 aromatic heterocycles. The van der Waals surface area contributed by atoms with E-state index >= 15 is 0 Å². The van der Waals surface area contributed by atoms with Crippen molar-refractivity contribution >= 4 is 19.3 Å². The summed E-state index contributed by atoms with van der Waals surface area (Å²) < 4.78 is 18.5. The Morgan fingerprint density at radius 1 is 1.22 bits per heavy atom. The normalized spacial score (nSPS) is 13.4. The van der Waals surface area contributed by atoms with E-state index in [0.29, 0.717) is 24.2 Å². The van der Waals surface area contributed by atoms with E-state index in [9.17, 15) is 9.90 Å². The van der Waals surface area contributed by atoms with Crippen molar-refractivity contribution in [3.8, 4) is 17.2 Å². The standard InChI is InChI=1S/C26H40O5Si/c1-11-13-18-19(14-17(5)12-2)25(28)30-24-22(18)21(29-16(3)4)15-20(27)23(24)31-32(9,10)26(6,7)8/h12,15-17,27H,2,11,13-14H2,1,3-10H3/t17-/m1/s1. The zero-order chi connectivity index (χ0) is 24.4. The number of rotatable bonds is 9. The van der Waals surface area contributed by atoms with Gasteiger partial charge in [-0.2, -0.15) is 0 Å². The highest BCUT2D eigenvalue weighted by Gasteiger charge is 2.40. The number of phenols is 1. The molecule has 0 bridgehead atoms. The Morgan fingerprint density at radius 2 is 1.84 bits per heavy atom. The van der Waals surface area contributed by atoms with E-state index in [0.717, 1.165) is 17.4 Å². The highest BCUT2D eigenvalue weighted by Crippen LogP contribution is 2.47. The molecule has 6 heteroatoms. The summed E-state index contributed by atoms with van der Waals surface area (Å²) in [5.74, 6) is 0.798. The first-order valence-corrected chi connectivity index (χ1v) is 14.5. The van der Waals surface area contributed by atoms with Crippen molar-refractivity contribution < 1.29 is 18.7 Å². The summed E-state index contributed by atoms with van der Waals surface area (Å²) in [4.78, 5) is 13.2. The molecule has 2 aromatic rings. The predicted molar refractivity (Wildman–Crippen MR) is 135 cm³/mol. The zero-order valence-corrected chi connectivity index (χ0v) is 22.2. The summed E-state index contributed by atoms with van der Waals surface area (Å²) in [6.07, 6.45) is 3.82. The smallest absolute Gasteiger partial charge is 0.339 e. The van der Waals surface area contributed by atoms with Gasteiger partial charge in [0.05, 0.1) is 11.5 Å². The lowest BCUT2D eigenvalue weighted by atomic mass is 9.93. The van der Waals surface area contributed by atoms with Gasteiger partial charge in [0.25, 0.3) is 8.32 Å². The van der Waals surface area contributed by atoms with Gasteiger partial charge in [-0.05, 0) is 56.3 Å². The molecule has 0 aliphatic rings. The molecular weight excluding hydrogens is 420 g/mol. The van der Waals surface area contributed by atoms with Gasteiger partial charge in [0.2, 0.25) is 0 Å². The van der Waals surface area contributed by atoms with Crippen LogP contribution in [0, 0.1) is 5.92 Å². The van der Waals surface area contributed by atoms with Crippen molar-refractivity contribution in [2.75, 3.05) is 0 Å². The minimum atomic E-state index is -2.32.